The largest absolute Gasteiger partial charge is 0.366 e. The lowest BCUT2D eigenvalue weighted by Gasteiger charge is -2.35. The van der Waals surface area contributed by atoms with E-state index in [9.17, 15) is 4.79 Å². The molecule has 0 radical (unpaired) electrons. The van der Waals surface area contributed by atoms with Gasteiger partial charge in [0.05, 0.1) is 11.4 Å². The van der Waals surface area contributed by atoms with E-state index in [0.717, 1.165) is 35.9 Å². The zero-order chi connectivity index (χ0) is 20.1. The maximum absolute atomic E-state index is 12.8. The van der Waals surface area contributed by atoms with Crippen LogP contribution in [-0.2, 0) is 13.6 Å². The van der Waals surface area contributed by atoms with Crippen LogP contribution in [-0.4, -0.2) is 39.4 Å². The van der Waals surface area contributed by atoms with Crippen molar-refractivity contribution in [3.05, 3.63) is 80.7 Å². The van der Waals surface area contributed by atoms with E-state index in [2.05, 4.69) is 21.9 Å². The molecule has 2 unspecified atom stereocenters. The number of aromatic nitrogens is 2. The summed E-state index contributed by atoms with van der Waals surface area (Å²) in [5, 5.41) is 1.08. The summed E-state index contributed by atoms with van der Waals surface area (Å²) in [5.74, 6) is 0. The van der Waals surface area contributed by atoms with E-state index in [4.69, 9.17) is 23.2 Å². The van der Waals surface area contributed by atoms with Gasteiger partial charge in [0.25, 0.3) is 5.56 Å². The van der Waals surface area contributed by atoms with Crippen molar-refractivity contribution < 1.29 is 0 Å². The maximum Gasteiger partial charge on any atom is 0.290 e. The highest BCUT2D eigenvalue weighted by molar-refractivity contribution is 6.31. The molecule has 2 saturated heterocycles. The van der Waals surface area contributed by atoms with Crippen molar-refractivity contribution >= 4 is 28.9 Å². The molecule has 0 amide bonds. The van der Waals surface area contributed by atoms with Crippen LogP contribution in [0.15, 0.2) is 59.4 Å². The van der Waals surface area contributed by atoms with Gasteiger partial charge in [-0.05, 0) is 42.8 Å². The molecule has 5 rings (SSSR count). The zero-order valence-electron chi connectivity index (χ0n) is 16.1. The Morgan fingerprint density at radius 2 is 1.66 bits per heavy atom. The number of piperazine rings is 1. The van der Waals surface area contributed by atoms with Crippen molar-refractivity contribution in [2.24, 2.45) is 7.05 Å². The van der Waals surface area contributed by atoms with Gasteiger partial charge in [-0.25, -0.2) is 4.68 Å². The van der Waals surface area contributed by atoms with Gasteiger partial charge < -0.3 is 4.90 Å². The smallest absolute Gasteiger partial charge is 0.290 e. The Bertz CT molecular complexity index is 1090. The molecule has 29 heavy (non-hydrogen) atoms. The van der Waals surface area contributed by atoms with E-state index in [1.165, 1.54) is 5.69 Å². The summed E-state index contributed by atoms with van der Waals surface area (Å²) in [7, 11) is 1.91. The summed E-state index contributed by atoms with van der Waals surface area (Å²) in [4.78, 5) is 17.7. The normalized spacial score (nSPS) is 21.3. The summed E-state index contributed by atoms with van der Waals surface area (Å²) in [6.07, 6.45) is 1.13. The van der Waals surface area contributed by atoms with Crippen LogP contribution in [0.1, 0.15) is 12.1 Å². The van der Waals surface area contributed by atoms with E-state index in [1.54, 1.807) is 4.68 Å². The van der Waals surface area contributed by atoms with Crippen LogP contribution < -0.4 is 10.5 Å². The van der Waals surface area contributed by atoms with Gasteiger partial charge >= 0.3 is 0 Å². The molecule has 0 aliphatic carbocycles. The molecule has 2 aliphatic rings. The Kier molecular flexibility index (Phi) is 4.69. The molecule has 2 atom stereocenters. The first-order valence-corrected chi connectivity index (χ1v) is 10.6. The first-order chi connectivity index (χ1) is 14.0. The zero-order valence-corrected chi connectivity index (χ0v) is 17.6. The van der Waals surface area contributed by atoms with Crippen molar-refractivity contribution in [3.63, 3.8) is 0 Å². The fourth-order valence-corrected chi connectivity index (χ4v) is 5.12. The predicted molar refractivity (Wildman–Crippen MR) is 117 cm³/mol. The van der Waals surface area contributed by atoms with Crippen molar-refractivity contribution in [2.75, 3.05) is 18.0 Å². The number of benzene rings is 2. The van der Waals surface area contributed by atoms with E-state index < -0.39 is 0 Å². The molecule has 0 N–H and O–H groups in total. The highest BCUT2D eigenvalue weighted by Crippen LogP contribution is 2.36. The number of likely N-dealkylation sites (tertiary alicyclic amines) is 1. The molecule has 0 saturated carbocycles. The van der Waals surface area contributed by atoms with Gasteiger partial charge in [-0.2, -0.15) is 0 Å². The topological polar surface area (TPSA) is 33.4 Å². The third-order valence-corrected chi connectivity index (χ3v) is 6.82. The Balaban J connectivity index is 1.37. The van der Waals surface area contributed by atoms with Crippen molar-refractivity contribution in [2.45, 2.75) is 25.0 Å². The van der Waals surface area contributed by atoms with Gasteiger partial charge in [0.15, 0.2) is 0 Å². The van der Waals surface area contributed by atoms with Gasteiger partial charge in [0.2, 0.25) is 0 Å². The number of hydrogen-bond acceptors (Lipinski definition) is 3. The summed E-state index contributed by atoms with van der Waals surface area (Å²) in [6, 6.07) is 18.6. The molecule has 2 fully saturated rings. The molecule has 2 aromatic carbocycles. The minimum atomic E-state index is -0.164. The summed E-state index contributed by atoms with van der Waals surface area (Å²) in [5.41, 5.74) is 2.75. The van der Waals surface area contributed by atoms with Crippen LogP contribution >= 0.6 is 23.2 Å². The number of rotatable bonds is 4. The summed E-state index contributed by atoms with van der Waals surface area (Å²) >= 11 is 12.5. The van der Waals surface area contributed by atoms with Crippen LogP contribution in [0.25, 0.3) is 5.69 Å². The van der Waals surface area contributed by atoms with Crippen molar-refractivity contribution in [1.82, 2.24) is 14.3 Å². The predicted octanol–water partition coefficient (Wildman–Crippen LogP) is 3.95. The Labute approximate surface area is 179 Å². The van der Waals surface area contributed by atoms with Crippen molar-refractivity contribution in [1.29, 1.82) is 0 Å². The Hall–Kier alpha value is -2.21. The second kappa shape index (κ2) is 7.24. The minimum Gasteiger partial charge on any atom is -0.366 e. The average Bonchev–Trinajstić information content (AvgIpc) is 3.38. The third-order valence-electron chi connectivity index (χ3n) is 6.19. The number of para-hydroxylation sites is 1. The second-order valence-electron chi connectivity index (χ2n) is 7.84. The molecular formula is C22H22Cl2N4O. The first kappa shape index (κ1) is 18.8. The number of hydrogen-bond donors (Lipinski definition) is 0. The lowest BCUT2D eigenvalue weighted by atomic mass is 10.2. The summed E-state index contributed by atoms with van der Waals surface area (Å²) in [6.45, 7) is 2.63. The standard InChI is InChI=1S/C22H22Cl2N4O/c1-25-20(21(24)22(29)28(25)17-5-3-2-4-6-17)14-26-12-19-11-18(26)13-27(19)16-9-7-15(23)8-10-16/h2-10,18-19H,11-14H2,1H3. The highest BCUT2D eigenvalue weighted by Gasteiger charge is 2.43. The lowest BCUT2D eigenvalue weighted by molar-refractivity contribution is 0.224. The summed E-state index contributed by atoms with van der Waals surface area (Å²) < 4.78 is 3.54. The van der Waals surface area contributed by atoms with Crippen LogP contribution in [0.4, 0.5) is 5.69 Å². The highest BCUT2D eigenvalue weighted by atomic mass is 35.5. The second-order valence-corrected chi connectivity index (χ2v) is 8.65. The average molecular weight is 429 g/mol. The van der Waals surface area contributed by atoms with E-state index in [1.807, 2.05) is 54.2 Å². The van der Waals surface area contributed by atoms with Crippen LogP contribution in [0.5, 0.6) is 0 Å². The fourth-order valence-electron chi connectivity index (χ4n) is 4.73. The fraction of sp³-hybridized carbons (Fsp3) is 0.318. The quantitative estimate of drug-likeness (QED) is 0.630. The molecule has 3 aromatic rings. The number of halogens is 2. The molecular weight excluding hydrogens is 407 g/mol. The minimum absolute atomic E-state index is 0.164. The molecule has 2 aliphatic heterocycles. The molecule has 3 heterocycles. The van der Waals surface area contributed by atoms with Crippen LogP contribution in [0.3, 0.4) is 0 Å². The molecule has 2 bridgehead atoms. The molecule has 0 spiro atoms. The lowest BCUT2D eigenvalue weighted by Crippen LogP contribution is -2.46. The Morgan fingerprint density at radius 3 is 2.31 bits per heavy atom. The third kappa shape index (κ3) is 3.18. The SMILES string of the molecule is Cn1c(CN2CC3CC2CN3c2ccc(Cl)cc2)c(Cl)c(=O)n1-c1ccccc1. The van der Waals surface area contributed by atoms with Gasteiger partial charge in [-0.15, -0.1) is 0 Å². The first-order valence-electron chi connectivity index (χ1n) is 9.81. The number of anilines is 1. The molecule has 7 heteroatoms. The molecule has 150 valence electrons. The number of nitrogens with zero attached hydrogens (tertiary/aromatic N) is 4. The van der Waals surface area contributed by atoms with E-state index >= 15 is 0 Å². The van der Waals surface area contributed by atoms with Gasteiger partial charge in [0, 0.05) is 49.5 Å². The van der Waals surface area contributed by atoms with Gasteiger partial charge in [-0.3, -0.25) is 14.4 Å². The maximum atomic E-state index is 12.8. The molecule has 1 aromatic heterocycles. The number of fused-ring (bicyclic) bond motifs is 2. The monoisotopic (exact) mass is 428 g/mol. The van der Waals surface area contributed by atoms with Gasteiger partial charge in [0.1, 0.15) is 5.02 Å². The van der Waals surface area contributed by atoms with E-state index in [0.29, 0.717) is 23.7 Å². The van der Waals surface area contributed by atoms with Crippen LogP contribution in [0, 0.1) is 0 Å². The molecule has 5 nitrogen and oxygen atoms in total. The van der Waals surface area contributed by atoms with Crippen LogP contribution in [0.2, 0.25) is 10.0 Å². The van der Waals surface area contributed by atoms with Crippen molar-refractivity contribution in [3.8, 4) is 5.69 Å². The Morgan fingerprint density at radius 1 is 0.931 bits per heavy atom. The van der Waals surface area contributed by atoms with Gasteiger partial charge in [-0.1, -0.05) is 41.4 Å². The van der Waals surface area contributed by atoms with E-state index in [-0.39, 0.29) is 5.56 Å².